The highest BCUT2D eigenvalue weighted by molar-refractivity contribution is 9.10. The molecular formula is C20H18BrNO4. The highest BCUT2D eigenvalue weighted by Crippen LogP contribution is 2.25. The van der Waals surface area contributed by atoms with Crippen molar-refractivity contribution in [1.82, 2.24) is 0 Å². The molecule has 1 unspecified atom stereocenters. The molecule has 0 saturated carbocycles. The van der Waals surface area contributed by atoms with Crippen molar-refractivity contribution in [3.05, 3.63) is 58.4 Å². The van der Waals surface area contributed by atoms with Gasteiger partial charge in [0.2, 0.25) is 0 Å². The zero-order valence-corrected chi connectivity index (χ0v) is 15.9. The Morgan fingerprint density at radius 2 is 1.81 bits per heavy atom. The van der Waals surface area contributed by atoms with E-state index >= 15 is 0 Å². The number of benzene rings is 2. The third-order valence-corrected chi connectivity index (χ3v) is 4.51. The van der Waals surface area contributed by atoms with Crippen LogP contribution in [0.5, 0.6) is 5.75 Å². The van der Waals surface area contributed by atoms with E-state index in [2.05, 4.69) is 20.9 Å². The van der Waals surface area contributed by atoms with Crippen molar-refractivity contribution in [3.63, 3.8) is 0 Å². The summed E-state index contributed by atoms with van der Waals surface area (Å²) in [6.45, 7) is 3.66. The van der Waals surface area contributed by atoms with Gasteiger partial charge in [-0.25, -0.2) is 4.79 Å². The maximum Gasteiger partial charge on any atom is 0.328 e. The molecule has 6 heteroatoms. The Balaban J connectivity index is 2.29. The molecule has 0 radical (unpaired) electrons. The fourth-order valence-corrected chi connectivity index (χ4v) is 3.02. The van der Waals surface area contributed by atoms with Crippen LogP contribution in [0.1, 0.15) is 13.8 Å². The molecule has 0 saturated heterocycles. The summed E-state index contributed by atoms with van der Waals surface area (Å²) in [5, 5.41) is 20.3. The number of hydrogen-bond acceptors (Lipinski definition) is 4. The fraction of sp³-hybridized carbons (Fsp3) is 0.200. The minimum absolute atomic E-state index is 0.149. The monoisotopic (exact) mass is 415 g/mol. The normalized spacial score (nSPS) is 13.3. The number of halogens is 1. The van der Waals surface area contributed by atoms with E-state index in [1.54, 1.807) is 30.3 Å². The number of aliphatic carboxylic acids is 1. The Morgan fingerprint density at radius 1 is 1.12 bits per heavy atom. The van der Waals surface area contributed by atoms with E-state index in [0.29, 0.717) is 16.7 Å². The fourth-order valence-electron chi connectivity index (χ4n) is 2.66. The SMILES string of the molecule is CC(C)C(N=c1cc(-c2ccc(O)cc2)oc2ccc(Br)cc12)C(=O)O. The highest BCUT2D eigenvalue weighted by atomic mass is 79.9. The minimum atomic E-state index is -0.963. The third-order valence-electron chi connectivity index (χ3n) is 4.02. The van der Waals surface area contributed by atoms with Crippen molar-refractivity contribution in [1.29, 1.82) is 0 Å². The predicted octanol–water partition coefficient (Wildman–Crippen LogP) is 4.58. The van der Waals surface area contributed by atoms with Gasteiger partial charge in [-0.1, -0.05) is 29.8 Å². The summed E-state index contributed by atoms with van der Waals surface area (Å²) in [6.07, 6.45) is 0. The van der Waals surface area contributed by atoms with Crippen LogP contribution in [0.2, 0.25) is 0 Å². The number of aromatic hydroxyl groups is 1. The molecule has 3 rings (SSSR count). The third kappa shape index (κ3) is 3.80. The van der Waals surface area contributed by atoms with E-state index in [1.165, 1.54) is 0 Å². The number of phenolic OH excluding ortho intramolecular Hbond substituents is 1. The number of fused-ring (bicyclic) bond motifs is 1. The first kappa shape index (κ1) is 18.2. The van der Waals surface area contributed by atoms with Gasteiger partial charge < -0.3 is 14.6 Å². The van der Waals surface area contributed by atoms with Crippen LogP contribution in [0, 0.1) is 5.92 Å². The lowest BCUT2D eigenvalue weighted by molar-refractivity contribution is -0.139. The van der Waals surface area contributed by atoms with E-state index in [-0.39, 0.29) is 11.7 Å². The first-order chi connectivity index (χ1) is 12.3. The Bertz CT molecular complexity index is 1020. The number of carboxylic acids is 1. The van der Waals surface area contributed by atoms with Crippen LogP contribution in [-0.4, -0.2) is 22.2 Å². The molecule has 0 spiro atoms. The molecular weight excluding hydrogens is 398 g/mol. The summed E-state index contributed by atoms with van der Waals surface area (Å²) in [7, 11) is 0. The van der Waals surface area contributed by atoms with Crippen LogP contribution in [0.15, 0.2) is 62.4 Å². The molecule has 3 aromatic rings. The van der Waals surface area contributed by atoms with Crippen molar-refractivity contribution >= 4 is 32.9 Å². The van der Waals surface area contributed by atoms with Crippen LogP contribution in [-0.2, 0) is 4.79 Å². The standard InChI is InChI=1S/C20H18BrNO4/c1-11(2)19(20(24)25)22-16-10-18(12-3-6-14(23)7-4-12)26-17-8-5-13(21)9-15(16)17/h3-11,19,23H,1-2H3,(H,24,25). The first-order valence-electron chi connectivity index (χ1n) is 8.14. The lowest BCUT2D eigenvalue weighted by Crippen LogP contribution is -2.27. The summed E-state index contributed by atoms with van der Waals surface area (Å²) < 4.78 is 6.83. The summed E-state index contributed by atoms with van der Waals surface area (Å²) in [5.41, 5.74) is 1.37. The maximum atomic E-state index is 11.6. The summed E-state index contributed by atoms with van der Waals surface area (Å²) in [6, 6.07) is 13.0. The van der Waals surface area contributed by atoms with Gasteiger partial charge in [0.05, 0.1) is 5.36 Å². The lowest BCUT2D eigenvalue weighted by atomic mass is 10.1. The van der Waals surface area contributed by atoms with Crippen molar-refractivity contribution in [2.45, 2.75) is 19.9 Å². The first-order valence-corrected chi connectivity index (χ1v) is 8.94. The Labute approximate surface area is 158 Å². The van der Waals surface area contributed by atoms with Crippen LogP contribution < -0.4 is 5.36 Å². The quantitative estimate of drug-likeness (QED) is 0.653. The van der Waals surface area contributed by atoms with Crippen molar-refractivity contribution in [2.24, 2.45) is 10.9 Å². The van der Waals surface area contributed by atoms with Crippen molar-refractivity contribution < 1.29 is 19.4 Å². The molecule has 0 aliphatic heterocycles. The Morgan fingerprint density at radius 3 is 2.42 bits per heavy atom. The second-order valence-electron chi connectivity index (χ2n) is 6.34. The molecule has 2 N–H and O–H groups in total. The summed E-state index contributed by atoms with van der Waals surface area (Å²) in [4.78, 5) is 16.1. The van der Waals surface area contributed by atoms with Crippen LogP contribution in [0.25, 0.3) is 22.3 Å². The molecule has 0 fully saturated rings. The number of phenols is 1. The van der Waals surface area contributed by atoms with Crippen molar-refractivity contribution in [2.75, 3.05) is 0 Å². The summed E-state index contributed by atoms with van der Waals surface area (Å²) in [5.74, 6) is -0.403. The van der Waals surface area contributed by atoms with Gasteiger partial charge in [0.25, 0.3) is 0 Å². The topological polar surface area (TPSA) is 83.0 Å². The average Bonchev–Trinajstić information content (AvgIpc) is 2.59. The zero-order valence-electron chi connectivity index (χ0n) is 14.3. The minimum Gasteiger partial charge on any atom is -0.508 e. The molecule has 0 bridgehead atoms. The number of hydrogen-bond donors (Lipinski definition) is 2. The van der Waals surface area contributed by atoms with E-state index in [9.17, 15) is 15.0 Å². The molecule has 1 aromatic heterocycles. The maximum absolute atomic E-state index is 11.6. The van der Waals surface area contributed by atoms with Gasteiger partial charge in [0, 0.05) is 21.5 Å². The zero-order chi connectivity index (χ0) is 18.8. The number of rotatable bonds is 4. The van der Waals surface area contributed by atoms with E-state index in [0.717, 1.165) is 15.4 Å². The average molecular weight is 416 g/mol. The molecule has 1 heterocycles. The van der Waals surface area contributed by atoms with Gasteiger partial charge in [-0.3, -0.25) is 4.99 Å². The second-order valence-corrected chi connectivity index (χ2v) is 7.26. The highest BCUT2D eigenvalue weighted by Gasteiger charge is 2.20. The molecule has 2 aromatic carbocycles. The van der Waals surface area contributed by atoms with Crippen LogP contribution in [0.3, 0.4) is 0 Å². The second kappa shape index (κ2) is 7.33. The summed E-state index contributed by atoms with van der Waals surface area (Å²) >= 11 is 3.43. The predicted molar refractivity (Wildman–Crippen MR) is 103 cm³/mol. The molecule has 0 aliphatic rings. The molecule has 26 heavy (non-hydrogen) atoms. The molecule has 1 atom stereocenters. The van der Waals surface area contributed by atoms with Crippen LogP contribution in [0.4, 0.5) is 0 Å². The smallest absolute Gasteiger partial charge is 0.328 e. The molecule has 5 nitrogen and oxygen atoms in total. The van der Waals surface area contributed by atoms with Gasteiger partial charge in [-0.05, 0) is 48.4 Å². The van der Waals surface area contributed by atoms with Crippen LogP contribution >= 0.6 is 15.9 Å². The molecule has 0 aliphatic carbocycles. The van der Waals surface area contributed by atoms with E-state index < -0.39 is 12.0 Å². The Kier molecular flexibility index (Phi) is 5.13. The van der Waals surface area contributed by atoms with Crippen molar-refractivity contribution in [3.8, 4) is 17.1 Å². The van der Waals surface area contributed by atoms with Gasteiger partial charge in [-0.15, -0.1) is 0 Å². The number of nitrogens with zero attached hydrogens (tertiary/aromatic N) is 1. The van der Waals surface area contributed by atoms with E-state index in [1.807, 2.05) is 32.0 Å². The van der Waals surface area contributed by atoms with Gasteiger partial charge in [0.1, 0.15) is 23.1 Å². The number of carbonyl (C=O) groups is 1. The number of carboxylic acid groups (broad SMARTS) is 1. The molecule has 134 valence electrons. The Hall–Kier alpha value is -2.60. The van der Waals surface area contributed by atoms with E-state index in [4.69, 9.17) is 4.42 Å². The van der Waals surface area contributed by atoms with Gasteiger partial charge in [-0.2, -0.15) is 0 Å². The van der Waals surface area contributed by atoms with Gasteiger partial charge in [0.15, 0.2) is 0 Å². The lowest BCUT2D eigenvalue weighted by Gasteiger charge is -2.12. The largest absolute Gasteiger partial charge is 0.508 e. The molecule has 0 amide bonds. The van der Waals surface area contributed by atoms with Gasteiger partial charge >= 0.3 is 5.97 Å².